The Bertz CT molecular complexity index is 272. The summed E-state index contributed by atoms with van der Waals surface area (Å²) in [5.74, 6) is -0.837. The molecule has 0 radical (unpaired) electrons. The summed E-state index contributed by atoms with van der Waals surface area (Å²) in [6.07, 6.45) is 4.19. The molecule has 5 nitrogen and oxygen atoms in total. The van der Waals surface area contributed by atoms with Crippen LogP contribution in [0.1, 0.15) is 26.2 Å². The zero-order chi connectivity index (χ0) is 11.7. The van der Waals surface area contributed by atoms with Gasteiger partial charge in [-0.1, -0.05) is 6.08 Å². The summed E-state index contributed by atoms with van der Waals surface area (Å²) in [6.45, 7) is 1.61. The van der Waals surface area contributed by atoms with E-state index in [0.717, 1.165) is 0 Å². The molecule has 2 amide bonds. The number of primary amides is 1. The highest BCUT2D eigenvalue weighted by Gasteiger charge is 2.03. The molecular formula is C10H16N2O3. The third-order valence-electron chi connectivity index (χ3n) is 1.64. The van der Waals surface area contributed by atoms with E-state index >= 15 is 0 Å². The predicted molar refractivity (Wildman–Crippen MR) is 55.9 cm³/mol. The van der Waals surface area contributed by atoms with Crippen LogP contribution in [0.15, 0.2) is 12.2 Å². The van der Waals surface area contributed by atoms with E-state index in [0.29, 0.717) is 12.8 Å². The Morgan fingerprint density at radius 2 is 1.93 bits per heavy atom. The fraction of sp³-hybridized carbons (Fsp3) is 0.500. The van der Waals surface area contributed by atoms with Gasteiger partial charge in [0.15, 0.2) is 5.78 Å². The van der Waals surface area contributed by atoms with Crippen LogP contribution in [-0.2, 0) is 14.4 Å². The maximum absolute atomic E-state index is 11.0. The largest absolute Gasteiger partial charge is 0.368 e. The summed E-state index contributed by atoms with van der Waals surface area (Å²) in [5, 5.41) is 2.35. The maximum atomic E-state index is 11.0. The monoisotopic (exact) mass is 212 g/mol. The van der Waals surface area contributed by atoms with Crippen LogP contribution in [0.25, 0.3) is 0 Å². The summed E-state index contributed by atoms with van der Waals surface area (Å²) in [7, 11) is 0. The van der Waals surface area contributed by atoms with E-state index in [1.807, 2.05) is 0 Å². The van der Waals surface area contributed by atoms with Crippen molar-refractivity contribution < 1.29 is 14.4 Å². The molecule has 0 spiro atoms. The lowest BCUT2D eigenvalue weighted by Crippen LogP contribution is -2.33. The van der Waals surface area contributed by atoms with Gasteiger partial charge in [-0.15, -0.1) is 0 Å². The van der Waals surface area contributed by atoms with Crippen molar-refractivity contribution in [2.24, 2.45) is 5.73 Å². The first kappa shape index (κ1) is 13.4. The predicted octanol–water partition coefficient (Wildman–Crippen LogP) is -0.0966. The van der Waals surface area contributed by atoms with Gasteiger partial charge in [-0.3, -0.25) is 14.4 Å². The summed E-state index contributed by atoms with van der Waals surface area (Å²) in [4.78, 5) is 32.4. The highest BCUT2D eigenvalue weighted by atomic mass is 16.2. The molecule has 5 heteroatoms. The Morgan fingerprint density at radius 1 is 1.27 bits per heavy atom. The van der Waals surface area contributed by atoms with Gasteiger partial charge in [0.25, 0.3) is 0 Å². The second kappa shape index (κ2) is 7.73. The van der Waals surface area contributed by atoms with Crippen molar-refractivity contribution in [2.45, 2.75) is 26.2 Å². The minimum atomic E-state index is -0.576. The molecular weight excluding hydrogens is 196 g/mol. The molecule has 0 fully saturated rings. The first-order valence-corrected chi connectivity index (χ1v) is 4.76. The minimum Gasteiger partial charge on any atom is -0.368 e. The number of nitrogens with two attached hydrogens (primary N) is 1. The highest BCUT2D eigenvalue weighted by molar-refractivity contribution is 5.90. The van der Waals surface area contributed by atoms with Crippen molar-refractivity contribution in [3.63, 3.8) is 0 Å². The van der Waals surface area contributed by atoms with Gasteiger partial charge in [0, 0.05) is 12.8 Å². The average Bonchev–Trinajstić information content (AvgIpc) is 2.15. The number of ketones is 1. The molecule has 0 rings (SSSR count). The third-order valence-corrected chi connectivity index (χ3v) is 1.64. The SMILES string of the molecule is C/C=C/C(=O)CCCC(=O)NCC(N)=O. The van der Waals surface area contributed by atoms with Crippen molar-refractivity contribution in [1.29, 1.82) is 0 Å². The van der Waals surface area contributed by atoms with Crippen LogP contribution in [0.2, 0.25) is 0 Å². The topological polar surface area (TPSA) is 89.3 Å². The summed E-state index contributed by atoms with van der Waals surface area (Å²) < 4.78 is 0. The van der Waals surface area contributed by atoms with Crippen LogP contribution >= 0.6 is 0 Å². The van der Waals surface area contributed by atoms with Crippen LogP contribution in [0.5, 0.6) is 0 Å². The molecule has 0 aliphatic rings. The Morgan fingerprint density at radius 3 is 2.47 bits per heavy atom. The molecule has 3 N–H and O–H groups in total. The van der Waals surface area contributed by atoms with Gasteiger partial charge in [0.1, 0.15) is 0 Å². The number of hydrogen-bond donors (Lipinski definition) is 2. The standard InChI is InChI=1S/C10H16N2O3/c1-2-4-8(13)5-3-6-10(15)12-7-9(11)14/h2,4H,3,5-7H2,1H3,(H2,11,14)(H,12,15)/b4-2+. The van der Waals surface area contributed by atoms with E-state index in [4.69, 9.17) is 5.73 Å². The Hall–Kier alpha value is -1.65. The van der Waals surface area contributed by atoms with E-state index in [9.17, 15) is 14.4 Å². The van der Waals surface area contributed by atoms with E-state index < -0.39 is 5.91 Å². The Balaban J connectivity index is 3.55. The van der Waals surface area contributed by atoms with Crippen molar-refractivity contribution >= 4 is 17.6 Å². The molecule has 0 saturated heterocycles. The molecule has 0 unspecified atom stereocenters. The van der Waals surface area contributed by atoms with Gasteiger partial charge in [-0.05, 0) is 19.4 Å². The number of carbonyl (C=O) groups excluding carboxylic acids is 3. The number of nitrogens with one attached hydrogen (secondary N) is 1. The summed E-state index contributed by atoms with van der Waals surface area (Å²) in [5.41, 5.74) is 4.84. The van der Waals surface area contributed by atoms with Crippen LogP contribution in [-0.4, -0.2) is 24.1 Å². The molecule has 15 heavy (non-hydrogen) atoms. The number of hydrogen-bond acceptors (Lipinski definition) is 3. The first-order valence-electron chi connectivity index (χ1n) is 4.76. The average molecular weight is 212 g/mol. The zero-order valence-electron chi connectivity index (χ0n) is 8.79. The lowest BCUT2D eigenvalue weighted by molar-refractivity contribution is -0.125. The normalized spacial score (nSPS) is 10.2. The number of allylic oxidation sites excluding steroid dienone is 2. The molecule has 0 aromatic heterocycles. The number of rotatable bonds is 7. The second-order valence-electron chi connectivity index (χ2n) is 3.06. The molecule has 84 valence electrons. The minimum absolute atomic E-state index is 0.000186. The highest BCUT2D eigenvalue weighted by Crippen LogP contribution is 1.97. The third kappa shape index (κ3) is 8.67. The molecule has 0 heterocycles. The van der Waals surface area contributed by atoms with Crippen molar-refractivity contribution in [2.75, 3.05) is 6.54 Å². The van der Waals surface area contributed by atoms with Gasteiger partial charge in [0.05, 0.1) is 6.54 Å². The van der Waals surface area contributed by atoms with Gasteiger partial charge >= 0.3 is 0 Å². The zero-order valence-corrected chi connectivity index (χ0v) is 8.79. The molecule has 0 aromatic carbocycles. The lowest BCUT2D eigenvalue weighted by atomic mass is 10.1. The van der Waals surface area contributed by atoms with Crippen LogP contribution in [0.3, 0.4) is 0 Å². The summed E-state index contributed by atoms with van der Waals surface area (Å²) in [6, 6.07) is 0. The lowest BCUT2D eigenvalue weighted by Gasteiger charge is -2.01. The molecule has 0 aliphatic carbocycles. The van der Waals surface area contributed by atoms with Crippen molar-refractivity contribution in [3.8, 4) is 0 Å². The Labute approximate surface area is 88.7 Å². The van der Waals surface area contributed by atoms with Crippen molar-refractivity contribution in [3.05, 3.63) is 12.2 Å². The number of amides is 2. The fourth-order valence-corrected chi connectivity index (χ4v) is 0.966. The number of carbonyl (C=O) groups is 3. The molecule has 0 aliphatic heterocycles. The van der Waals surface area contributed by atoms with Gasteiger partial charge in [-0.2, -0.15) is 0 Å². The van der Waals surface area contributed by atoms with E-state index in [1.54, 1.807) is 13.0 Å². The Kier molecular flexibility index (Phi) is 6.88. The molecule has 0 bridgehead atoms. The van der Waals surface area contributed by atoms with E-state index in [-0.39, 0.29) is 24.7 Å². The molecule has 0 atom stereocenters. The van der Waals surface area contributed by atoms with Gasteiger partial charge in [0.2, 0.25) is 11.8 Å². The quantitative estimate of drug-likeness (QED) is 0.577. The van der Waals surface area contributed by atoms with Gasteiger partial charge < -0.3 is 11.1 Å². The van der Waals surface area contributed by atoms with Crippen LogP contribution in [0.4, 0.5) is 0 Å². The first-order chi connectivity index (χ1) is 7.06. The van der Waals surface area contributed by atoms with Gasteiger partial charge in [-0.25, -0.2) is 0 Å². The van der Waals surface area contributed by atoms with Crippen LogP contribution in [0, 0.1) is 0 Å². The molecule has 0 aromatic rings. The van der Waals surface area contributed by atoms with E-state index in [2.05, 4.69) is 5.32 Å². The van der Waals surface area contributed by atoms with Crippen molar-refractivity contribution in [1.82, 2.24) is 5.32 Å². The summed E-state index contributed by atoms with van der Waals surface area (Å²) >= 11 is 0. The second-order valence-corrected chi connectivity index (χ2v) is 3.06. The van der Waals surface area contributed by atoms with Crippen LogP contribution < -0.4 is 11.1 Å². The maximum Gasteiger partial charge on any atom is 0.236 e. The fourth-order valence-electron chi connectivity index (χ4n) is 0.966. The smallest absolute Gasteiger partial charge is 0.236 e. The van der Waals surface area contributed by atoms with E-state index in [1.165, 1.54) is 6.08 Å². The molecule has 0 saturated carbocycles.